The van der Waals surface area contributed by atoms with Crippen molar-refractivity contribution in [3.05, 3.63) is 46.2 Å². The Hall–Kier alpha value is -2.35. The summed E-state index contributed by atoms with van der Waals surface area (Å²) in [4.78, 5) is 24.2. The highest BCUT2D eigenvalue weighted by molar-refractivity contribution is 7.08. The summed E-state index contributed by atoms with van der Waals surface area (Å²) in [5.74, 6) is -2.30. The van der Waals surface area contributed by atoms with Gasteiger partial charge in [-0.1, -0.05) is 23.5 Å². The largest absolute Gasteiger partial charge is 0.479 e. The molecule has 1 heterocycles. The first-order chi connectivity index (χ1) is 10.4. The average Bonchev–Trinajstić information content (AvgIpc) is 2.96. The van der Waals surface area contributed by atoms with Crippen LogP contribution in [0.4, 0.5) is 4.39 Å². The van der Waals surface area contributed by atoms with Crippen LogP contribution in [0, 0.1) is 5.82 Å². The molecule has 0 aliphatic rings. The summed E-state index contributed by atoms with van der Waals surface area (Å²) in [7, 11) is 0. The molecule has 0 spiro atoms. The topological polar surface area (TPSA) is 92.2 Å². The van der Waals surface area contributed by atoms with Crippen molar-refractivity contribution >= 4 is 23.4 Å². The number of carbonyl (C=O) groups excluding carboxylic acids is 1. The van der Waals surface area contributed by atoms with Gasteiger partial charge in [0.1, 0.15) is 10.7 Å². The highest BCUT2D eigenvalue weighted by Crippen LogP contribution is 2.23. The molecule has 1 unspecified atom stereocenters. The molecule has 0 saturated heterocycles. The van der Waals surface area contributed by atoms with Gasteiger partial charge >= 0.3 is 5.97 Å². The fraction of sp³-hybridized carbons (Fsp3) is 0.286. The van der Waals surface area contributed by atoms with Crippen molar-refractivity contribution < 1.29 is 19.1 Å². The molecule has 2 rings (SSSR count). The van der Waals surface area contributed by atoms with Crippen LogP contribution in [0.3, 0.4) is 0 Å². The van der Waals surface area contributed by atoms with Gasteiger partial charge in [-0.2, -0.15) is 0 Å². The number of aromatic nitrogens is 2. The standard InChI is InChI=1S/C14H14FN3O3S/c1-3-10-11(22-18-17-10)12(19)16-14(2,13(20)21)8-4-6-9(15)7-5-8/h4-7H,3H2,1-2H3,(H,16,19)(H,20,21). The van der Waals surface area contributed by atoms with Gasteiger partial charge in [-0.15, -0.1) is 5.10 Å². The van der Waals surface area contributed by atoms with Crippen LogP contribution in [0.5, 0.6) is 0 Å². The van der Waals surface area contributed by atoms with E-state index in [0.717, 1.165) is 23.7 Å². The van der Waals surface area contributed by atoms with Crippen molar-refractivity contribution in [1.82, 2.24) is 14.9 Å². The van der Waals surface area contributed by atoms with E-state index in [9.17, 15) is 19.1 Å². The molecular formula is C14H14FN3O3S. The summed E-state index contributed by atoms with van der Waals surface area (Å²) in [6.07, 6.45) is 0.513. The van der Waals surface area contributed by atoms with E-state index in [1.54, 1.807) is 0 Å². The van der Waals surface area contributed by atoms with Crippen molar-refractivity contribution in [3.63, 3.8) is 0 Å². The zero-order chi connectivity index (χ0) is 16.3. The van der Waals surface area contributed by atoms with Gasteiger partial charge in [0.2, 0.25) is 0 Å². The minimum absolute atomic E-state index is 0.269. The van der Waals surface area contributed by atoms with E-state index >= 15 is 0 Å². The average molecular weight is 323 g/mol. The number of amides is 1. The number of rotatable bonds is 5. The summed E-state index contributed by atoms with van der Waals surface area (Å²) in [5, 5.41) is 15.8. The Bertz CT molecular complexity index is 702. The molecule has 2 aromatic rings. The van der Waals surface area contributed by atoms with Crippen LogP contribution in [0.15, 0.2) is 24.3 Å². The SMILES string of the molecule is CCc1nnsc1C(=O)NC(C)(C(=O)O)c1ccc(F)cc1. The smallest absolute Gasteiger partial charge is 0.333 e. The number of nitrogens with one attached hydrogen (secondary N) is 1. The Labute approximate surface area is 130 Å². The molecule has 0 aliphatic heterocycles. The highest BCUT2D eigenvalue weighted by atomic mass is 32.1. The second-order valence-corrected chi connectivity index (χ2v) is 5.55. The van der Waals surface area contributed by atoms with E-state index in [2.05, 4.69) is 14.9 Å². The van der Waals surface area contributed by atoms with Crippen molar-refractivity contribution in [1.29, 1.82) is 0 Å². The van der Waals surface area contributed by atoms with E-state index in [-0.39, 0.29) is 10.4 Å². The lowest BCUT2D eigenvalue weighted by atomic mass is 9.92. The van der Waals surface area contributed by atoms with Crippen LogP contribution in [0.1, 0.15) is 34.8 Å². The normalized spacial score (nSPS) is 13.4. The predicted molar refractivity (Wildman–Crippen MR) is 78.1 cm³/mol. The first-order valence-electron chi connectivity index (χ1n) is 6.51. The van der Waals surface area contributed by atoms with Crippen LogP contribution in [-0.4, -0.2) is 26.6 Å². The molecule has 0 saturated carbocycles. The van der Waals surface area contributed by atoms with Gasteiger partial charge in [0.25, 0.3) is 5.91 Å². The molecule has 6 nitrogen and oxygen atoms in total. The molecule has 1 aromatic carbocycles. The van der Waals surface area contributed by atoms with Gasteiger partial charge in [0.15, 0.2) is 5.54 Å². The summed E-state index contributed by atoms with van der Waals surface area (Å²) in [6.45, 7) is 3.17. The number of benzene rings is 1. The molecule has 0 aliphatic carbocycles. The maximum atomic E-state index is 13.0. The molecule has 2 N–H and O–H groups in total. The number of halogens is 1. The van der Waals surface area contributed by atoms with Gasteiger partial charge in [0.05, 0.1) is 5.69 Å². The maximum absolute atomic E-state index is 13.0. The molecule has 22 heavy (non-hydrogen) atoms. The van der Waals surface area contributed by atoms with Gasteiger partial charge < -0.3 is 10.4 Å². The molecule has 0 fully saturated rings. The minimum Gasteiger partial charge on any atom is -0.479 e. The number of hydrogen-bond acceptors (Lipinski definition) is 5. The van der Waals surface area contributed by atoms with Crippen LogP contribution in [-0.2, 0) is 16.8 Å². The molecule has 116 valence electrons. The predicted octanol–water partition coefficient (Wildman–Crippen LogP) is 1.97. The van der Waals surface area contributed by atoms with Crippen LogP contribution >= 0.6 is 11.5 Å². The number of carboxylic acids is 1. The summed E-state index contributed by atoms with van der Waals surface area (Å²) >= 11 is 0.906. The number of carbonyl (C=O) groups is 2. The monoisotopic (exact) mass is 323 g/mol. The van der Waals surface area contributed by atoms with Crippen molar-refractivity contribution in [2.75, 3.05) is 0 Å². The van der Waals surface area contributed by atoms with Crippen LogP contribution in [0.2, 0.25) is 0 Å². The third-order valence-corrected chi connectivity index (χ3v) is 4.08. The Morgan fingerprint density at radius 2 is 2.00 bits per heavy atom. The van der Waals surface area contributed by atoms with E-state index in [4.69, 9.17) is 0 Å². The van der Waals surface area contributed by atoms with Crippen molar-refractivity contribution in [2.24, 2.45) is 0 Å². The van der Waals surface area contributed by atoms with Gasteiger partial charge in [-0.05, 0) is 42.6 Å². The van der Waals surface area contributed by atoms with Crippen LogP contribution in [0.25, 0.3) is 0 Å². The lowest BCUT2D eigenvalue weighted by Gasteiger charge is -2.26. The summed E-state index contributed by atoms with van der Waals surface area (Å²) < 4.78 is 16.7. The highest BCUT2D eigenvalue weighted by Gasteiger charge is 2.38. The Kier molecular flexibility index (Phi) is 4.51. The Morgan fingerprint density at radius 3 is 2.55 bits per heavy atom. The van der Waals surface area contributed by atoms with E-state index in [0.29, 0.717) is 12.1 Å². The number of carboxylic acid groups (broad SMARTS) is 1. The number of aryl methyl sites for hydroxylation is 1. The zero-order valence-electron chi connectivity index (χ0n) is 12.0. The van der Waals surface area contributed by atoms with Gasteiger partial charge in [-0.3, -0.25) is 4.79 Å². The fourth-order valence-electron chi connectivity index (χ4n) is 1.93. The number of aliphatic carboxylic acids is 1. The van der Waals surface area contributed by atoms with Crippen molar-refractivity contribution in [3.8, 4) is 0 Å². The molecule has 1 aromatic heterocycles. The van der Waals surface area contributed by atoms with Crippen molar-refractivity contribution in [2.45, 2.75) is 25.8 Å². The van der Waals surface area contributed by atoms with E-state index < -0.39 is 23.2 Å². The van der Waals surface area contributed by atoms with Gasteiger partial charge in [0, 0.05) is 0 Å². The third-order valence-electron chi connectivity index (χ3n) is 3.31. The summed E-state index contributed by atoms with van der Waals surface area (Å²) in [6, 6.07) is 4.95. The van der Waals surface area contributed by atoms with E-state index in [1.807, 2.05) is 6.92 Å². The maximum Gasteiger partial charge on any atom is 0.333 e. The first kappa shape index (κ1) is 16.0. The fourth-order valence-corrected chi connectivity index (χ4v) is 2.57. The second kappa shape index (κ2) is 6.18. The Balaban J connectivity index is 2.34. The number of hydrogen-bond donors (Lipinski definition) is 2. The Morgan fingerprint density at radius 1 is 1.36 bits per heavy atom. The molecule has 0 radical (unpaired) electrons. The lowest BCUT2D eigenvalue weighted by molar-refractivity contribution is -0.144. The minimum atomic E-state index is -1.68. The lowest BCUT2D eigenvalue weighted by Crippen LogP contribution is -2.49. The number of nitrogens with zero attached hydrogens (tertiary/aromatic N) is 2. The zero-order valence-corrected chi connectivity index (χ0v) is 12.8. The first-order valence-corrected chi connectivity index (χ1v) is 7.29. The summed E-state index contributed by atoms with van der Waals surface area (Å²) in [5.41, 5.74) is -0.903. The quantitative estimate of drug-likeness (QED) is 0.877. The van der Waals surface area contributed by atoms with Crippen LogP contribution < -0.4 is 5.32 Å². The van der Waals surface area contributed by atoms with E-state index in [1.165, 1.54) is 19.1 Å². The second-order valence-electron chi connectivity index (χ2n) is 4.79. The molecular weight excluding hydrogens is 309 g/mol. The van der Waals surface area contributed by atoms with Gasteiger partial charge in [-0.25, -0.2) is 9.18 Å². The third kappa shape index (κ3) is 2.96. The molecule has 0 bridgehead atoms. The molecule has 1 atom stereocenters. The molecule has 1 amide bonds. The molecule has 8 heteroatoms.